The van der Waals surface area contributed by atoms with E-state index in [1.165, 1.54) is 7.11 Å². The molecule has 1 atom stereocenters. The number of carbonyl (C=O) groups is 1. The second kappa shape index (κ2) is 14.3. The molecule has 1 aromatic heterocycles. The maximum atomic E-state index is 12.7. The molecule has 0 spiro atoms. The third kappa shape index (κ3) is 8.94. The normalized spacial score (nSPS) is 17.7. The average molecular weight is 567 g/mol. The number of hydrogen-bond acceptors (Lipinski definition) is 8. The molecule has 1 aliphatic rings. The summed E-state index contributed by atoms with van der Waals surface area (Å²) >= 11 is 0. The van der Waals surface area contributed by atoms with Crippen LogP contribution in [0.5, 0.6) is 17.2 Å². The van der Waals surface area contributed by atoms with Crippen molar-refractivity contribution in [1.29, 1.82) is 0 Å². The minimum atomic E-state index is -1.27. The number of aryl methyl sites for hydroxylation is 3. The van der Waals surface area contributed by atoms with E-state index in [1.807, 2.05) is 73.4 Å². The number of nitrogens with zero attached hydrogens (tertiary/aromatic N) is 4. The van der Waals surface area contributed by atoms with Crippen molar-refractivity contribution >= 4 is 5.91 Å². The number of ether oxygens (including phenoxy) is 4. The summed E-state index contributed by atoms with van der Waals surface area (Å²) in [5.74, 6) is 1.86. The van der Waals surface area contributed by atoms with Crippen LogP contribution in [0.2, 0.25) is 0 Å². The largest absolute Gasteiger partial charge is 0.493 e. The third-order valence-corrected chi connectivity index (χ3v) is 7.02. The Kier molecular flexibility index (Phi) is 10.6. The molecule has 0 radical (unpaired) electrons. The van der Waals surface area contributed by atoms with Crippen molar-refractivity contribution in [3.8, 4) is 17.2 Å². The van der Waals surface area contributed by atoms with Gasteiger partial charge in [-0.25, -0.2) is 0 Å². The van der Waals surface area contributed by atoms with Gasteiger partial charge in [0.25, 0.3) is 0 Å². The Morgan fingerprint density at radius 2 is 1.80 bits per heavy atom. The molecule has 1 unspecified atom stereocenters. The molecule has 0 aliphatic carbocycles. The number of methoxy groups -OCH3 is 2. The Labute approximate surface area is 242 Å². The molecule has 3 aromatic rings. The number of aromatic nitrogens is 2. The van der Waals surface area contributed by atoms with Crippen LogP contribution in [0.3, 0.4) is 0 Å². The van der Waals surface area contributed by atoms with Gasteiger partial charge in [0.15, 0.2) is 11.5 Å². The fourth-order valence-electron chi connectivity index (χ4n) is 4.93. The lowest BCUT2D eigenvalue weighted by molar-refractivity contribution is -0.138. The van der Waals surface area contributed by atoms with Crippen LogP contribution in [-0.4, -0.2) is 96.4 Å². The van der Waals surface area contributed by atoms with Crippen molar-refractivity contribution in [2.24, 2.45) is 0 Å². The fourth-order valence-corrected chi connectivity index (χ4v) is 4.93. The van der Waals surface area contributed by atoms with Crippen LogP contribution in [0.15, 0.2) is 54.9 Å². The molecule has 4 rings (SSSR count). The van der Waals surface area contributed by atoms with Crippen molar-refractivity contribution in [2.45, 2.75) is 39.0 Å². The summed E-state index contributed by atoms with van der Waals surface area (Å²) in [4.78, 5) is 16.5. The minimum absolute atomic E-state index is 0.0326. The standard InChI is InChI=1S/C31H42N4O6/c1-24-6-9-27(10-7-24)41-23-31(37)21-33(13-14-34(22-31)30(36)20-38-3)19-26-8-11-28(29(16-26)39-4)40-15-5-12-35-18-25(2)17-32-35/h6-11,16-18,37H,5,12-15,19-23H2,1-4H3. The molecule has 10 nitrogen and oxygen atoms in total. The van der Waals surface area contributed by atoms with E-state index < -0.39 is 5.60 Å². The monoisotopic (exact) mass is 566 g/mol. The summed E-state index contributed by atoms with van der Waals surface area (Å²) in [5.41, 5.74) is 2.01. The molecular formula is C31H42N4O6. The zero-order valence-corrected chi connectivity index (χ0v) is 24.5. The number of amides is 1. The summed E-state index contributed by atoms with van der Waals surface area (Å²) in [6.45, 7) is 7.50. The first-order chi connectivity index (χ1) is 19.8. The second-order valence-corrected chi connectivity index (χ2v) is 10.8. The van der Waals surface area contributed by atoms with Crippen LogP contribution < -0.4 is 14.2 Å². The highest BCUT2D eigenvalue weighted by molar-refractivity contribution is 5.77. The van der Waals surface area contributed by atoms with E-state index >= 15 is 0 Å². The number of benzene rings is 2. The molecule has 10 heteroatoms. The Balaban J connectivity index is 1.40. The summed E-state index contributed by atoms with van der Waals surface area (Å²) in [6, 6.07) is 13.6. The molecule has 1 N–H and O–H groups in total. The second-order valence-electron chi connectivity index (χ2n) is 10.8. The summed E-state index contributed by atoms with van der Waals surface area (Å²) in [7, 11) is 3.13. The lowest BCUT2D eigenvalue weighted by Gasteiger charge is -2.33. The predicted octanol–water partition coefficient (Wildman–Crippen LogP) is 3.08. The number of β-amino-alcohol motifs (C(OH)–C–C–N with tert-alkyl or cyclic N) is 1. The van der Waals surface area contributed by atoms with Crippen molar-refractivity contribution in [3.05, 3.63) is 71.5 Å². The van der Waals surface area contributed by atoms with Crippen molar-refractivity contribution in [1.82, 2.24) is 19.6 Å². The Bertz CT molecular complexity index is 1260. The molecule has 41 heavy (non-hydrogen) atoms. The van der Waals surface area contributed by atoms with Crippen LogP contribution in [0.1, 0.15) is 23.1 Å². The first-order valence-corrected chi connectivity index (χ1v) is 14.0. The van der Waals surface area contributed by atoms with Crippen molar-refractivity contribution < 1.29 is 28.8 Å². The molecule has 2 heterocycles. The van der Waals surface area contributed by atoms with Gasteiger partial charge in [0.2, 0.25) is 5.91 Å². The lowest BCUT2D eigenvalue weighted by Crippen LogP contribution is -2.52. The van der Waals surface area contributed by atoms with Gasteiger partial charge >= 0.3 is 0 Å². The predicted molar refractivity (Wildman–Crippen MR) is 155 cm³/mol. The topological polar surface area (TPSA) is 98.5 Å². The van der Waals surface area contributed by atoms with Gasteiger partial charge in [0.05, 0.1) is 26.5 Å². The molecular weight excluding hydrogens is 524 g/mol. The van der Waals surface area contributed by atoms with E-state index in [9.17, 15) is 9.90 Å². The first kappa shape index (κ1) is 30.4. The van der Waals surface area contributed by atoms with Crippen LogP contribution >= 0.6 is 0 Å². The average Bonchev–Trinajstić information content (AvgIpc) is 3.30. The van der Waals surface area contributed by atoms with Gasteiger partial charge < -0.3 is 29.0 Å². The quantitative estimate of drug-likeness (QED) is 0.315. The third-order valence-electron chi connectivity index (χ3n) is 7.02. The smallest absolute Gasteiger partial charge is 0.248 e. The summed E-state index contributed by atoms with van der Waals surface area (Å²) in [6.07, 6.45) is 4.68. The fraction of sp³-hybridized carbons (Fsp3) is 0.484. The van der Waals surface area contributed by atoms with Crippen molar-refractivity contribution in [2.75, 3.05) is 60.2 Å². The number of aliphatic hydroxyl groups is 1. The molecule has 0 saturated carbocycles. The highest BCUT2D eigenvalue weighted by Crippen LogP contribution is 2.29. The molecule has 222 valence electrons. The van der Waals surface area contributed by atoms with Gasteiger partial charge in [-0.05, 0) is 49.2 Å². The van der Waals surface area contributed by atoms with Crippen LogP contribution in [0, 0.1) is 13.8 Å². The molecule has 1 fully saturated rings. The first-order valence-electron chi connectivity index (χ1n) is 14.0. The van der Waals surface area contributed by atoms with Gasteiger partial charge in [-0.2, -0.15) is 5.10 Å². The molecule has 1 saturated heterocycles. The van der Waals surface area contributed by atoms with Crippen LogP contribution in [0.25, 0.3) is 0 Å². The summed E-state index contributed by atoms with van der Waals surface area (Å²) in [5, 5.41) is 16.0. The van der Waals surface area contributed by atoms with E-state index in [0.29, 0.717) is 50.0 Å². The number of hydrogen-bond donors (Lipinski definition) is 1. The minimum Gasteiger partial charge on any atom is -0.493 e. The van der Waals surface area contributed by atoms with Gasteiger partial charge in [-0.1, -0.05) is 23.8 Å². The molecule has 1 aliphatic heterocycles. The maximum Gasteiger partial charge on any atom is 0.248 e. The number of carbonyl (C=O) groups excluding carboxylic acids is 1. The maximum absolute atomic E-state index is 12.7. The summed E-state index contributed by atoms with van der Waals surface area (Å²) < 4.78 is 24.6. The molecule has 1 amide bonds. The van der Waals surface area contributed by atoms with Gasteiger partial charge in [0, 0.05) is 52.5 Å². The Hall–Kier alpha value is -3.60. The Morgan fingerprint density at radius 1 is 1.00 bits per heavy atom. The van der Waals surface area contributed by atoms with E-state index in [2.05, 4.69) is 10.00 Å². The zero-order chi connectivity index (χ0) is 29.2. The number of rotatable bonds is 13. The lowest BCUT2D eigenvalue weighted by atomic mass is 10.0. The highest BCUT2D eigenvalue weighted by Gasteiger charge is 2.37. The van der Waals surface area contributed by atoms with E-state index in [4.69, 9.17) is 18.9 Å². The van der Waals surface area contributed by atoms with E-state index in [-0.39, 0.29) is 25.7 Å². The van der Waals surface area contributed by atoms with Crippen LogP contribution in [-0.2, 0) is 22.6 Å². The zero-order valence-electron chi connectivity index (χ0n) is 24.5. The van der Waals surface area contributed by atoms with E-state index in [1.54, 1.807) is 12.0 Å². The molecule has 0 bridgehead atoms. The molecule has 2 aromatic carbocycles. The Morgan fingerprint density at radius 3 is 2.51 bits per heavy atom. The highest BCUT2D eigenvalue weighted by atomic mass is 16.5. The van der Waals surface area contributed by atoms with E-state index in [0.717, 1.165) is 29.7 Å². The van der Waals surface area contributed by atoms with Gasteiger partial charge in [0.1, 0.15) is 24.6 Å². The van der Waals surface area contributed by atoms with Crippen LogP contribution in [0.4, 0.5) is 0 Å². The van der Waals surface area contributed by atoms with Crippen molar-refractivity contribution in [3.63, 3.8) is 0 Å². The van der Waals surface area contributed by atoms with Gasteiger partial charge in [-0.15, -0.1) is 0 Å². The SMILES string of the molecule is COCC(=O)N1CCN(Cc2ccc(OCCCn3cc(C)cn3)c(OC)c2)CC(O)(COc2ccc(C)cc2)C1. The van der Waals surface area contributed by atoms with Gasteiger partial charge in [-0.3, -0.25) is 14.4 Å².